The number of nitrogens with zero attached hydrogens (tertiary/aromatic N) is 2. The second-order valence-electron chi connectivity index (χ2n) is 7.50. The van der Waals surface area contributed by atoms with Gasteiger partial charge in [-0.2, -0.15) is 0 Å². The van der Waals surface area contributed by atoms with E-state index in [1.165, 1.54) is 20.0 Å². The van der Waals surface area contributed by atoms with E-state index in [-0.39, 0.29) is 12.5 Å². The van der Waals surface area contributed by atoms with E-state index >= 15 is 0 Å². The Hall–Kier alpha value is -3.29. The van der Waals surface area contributed by atoms with Crippen molar-refractivity contribution in [2.45, 2.75) is 26.3 Å². The molecule has 0 bridgehead atoms. The SMILES string of the molecule is COc1cc(C(=O)NCc2ccc(N3CCC(C)CC3)nc2)ccc1OCC(N)=O. The summed E-state index contributed by atoms with van der Waals surface area (Å²) >= 11 is 0. The van der Waals surface area contributed by atoms with Gasteiger partial charge < -0.3 is 25.4 Å². The number of hydrogen-bond acceptors (Lipinski definition) is 6. The molecular formula is C22H28N4O4. The standard InChI is InChI=1S/C22H28N4O4/c1-15-7-9-26(10-8-15)21-6-3-16(12-24-21)13-25-22(28)17-4-5-18(19(11-17)29-2)30-14-20(23)27/h3-6,11-12,15H,7-10,13-14H2,1-2H3,(H2,23,27)(H,25,28). The largest absolute Gasteiger partial charge is 0.493 e. The Kier molecular flexibility index (Phi) is 7.11. The molecule has 1 aromatic carbocycles. The van der Waals surface area contributed by atoms with Crippen molar-refractivity contribution in [1.29, 1.82) is 0 Å². The minimum absolute atomic E-state index is 0.246. The summed E-state index contributed by atoms with van der Waals surface area (Å²) in [5, 5.41) is 2.88. The molecular weight excluding hydrogens is 384 g/mol. The van der Waals surface area contributed by atoms with Crippen LogP contribution in [0, 0.1) is 5.92 Å². The molecule has 3 rings (SSSR count). The van der Waals surface area contributed by atoms with Gasteiger partial charge in [-0.3, -0.25) is 9.59 Å². The fraction of sp³-hybridized carbons (Fsp3) is 0.409. The van der Waals surface area contributed by atoms with E-state index in [0.29, 0.717) is 23.6 Å². The van der Waals surface area contributed by atoms with Crippen molar-refractivity contribution >= 4 is 17.6 Å². The van der Waals surface area contributed by atoms with Crippen LogP contribution >= 0.6 is 0 Å². The summed E-state index contributed by atoms with van der Waals surface area (Å²) in [5.74, 6) is 1.62. The molecule has 0 atom stereocenters. The van der Waals surface area contributed by atoms with Crippen LogP contribution in [0.1, 0.15) is 35.7 Å². The lowest BCUT2D eigenvalue weighted by molar-refractivity contribution is -0.119. The van der Waals surface area contributed by atoms with Crippen LogP contribution in [-0.4, -0.2) is 43.6 Å². The van der Waals surface area contributed by atoms with Gasteiger partial charge in [0.15, 0.2) is 18.1 Å². The summed E-state index contributed by atoms with van der Waals surface area (Å²) in [6.07, 6.45) is 4.18. The zero-order chi connectivity index (χ0) is 21.5. The van der Waals surface area contributed by atoms with Crippen LogP contribution in [-0.2, 0) is 11.3 Å². The second-order valence-corrected chi connectivity index (χ2v) is 7.50. The zero-order valence-corrected chi connectivity index (χ0v) is 17.4. The molecule has 8 nitrogen and oxygen atoms in total. The van der Waals surface area contributed by atoms with Gasteiger partial charge in [0.25, 0.3) is 11.8 Å². The van der Waals surface area contributed by atoms with Crippen molar-refractivity contribution in [1.82, 2.24) is 10.3 Å². The maximum atomic E-state index is 12.5. The van der Waals surface area contributed by atoms with E-state index in [9.17, 15) is 9.59 Å². The molecule has 160 valence electrons. The zero-order valence-electron chi connectivity index (χ0n) is 17.4. The molecule has 8 heteroatoms. The highest BCUT2D eigenvalue weighted by atomic mass is 16.5. The predicted molar refractivity (Wildman–Crippen MR) is 114 cm³/mol. The lowest BCUT2D eigenvalue weighted by Gasteiger charge is -2.31. The lowest BCUT2D eigenvalue weighted by atomic mass is 9.99. The summed E-state index contributed by atoms with van der Waals surface area (Å²) in [7, 11) is 1.46. The number of methoxy groups -OCH3 is 1. The summed E-state index contributed by atoms with van der Waals surface area (Å²) in [4.78, 5) is 30.2. The van der Waals surface area contributed by atoms with Gasteiger partial charge in [0.05, 0.1) is 7.11 Å². The molecule has 2 heterocycles. The Bertz CT molecular complexity index is 877. The number of nitrogens with one attached hydrogen (secondary N) is 1. The fourth-order valence-electron chi connectivity index (χ4n) is 3.31. The molecule has 2 amide bonds. The first-order valence-corrected chi connectivity index (χ1v) is 10.0. The predicted octanol–water partition coefficient (Wildman–Crippen LogP) is 2.12. The first kappa shape index (κ1) is 21.4. The van der Waals surface area contributed by atoms with E-state index < -0.39 is 5.91 Å². The van der Waals surface area contributed by atoms with Gasteiger partial charge >= 0.3 is 0 Å². The number of hydrogen-bond donors (Lipinski definition) is 2. The third-order valence-electron chi connectivity index (χ3n) is 5.17. The van der Waals surface area contributed by atoms with Crippen LogP contribution in [0.25, 0.3) is 0 Å². The van der Waals surface area contributed by atoms with Crippen molar-refractivity contribution in [2.24, 2.45) is 11.7 Å². The maximum absolute atomic E-state index is 12.5. The molecule has 0 radical (unpaired) electrons. The van der Waals surface area contributed by atoms with E-state index in [2.05, 4.69) is 22.1 Å². The summed E-state index contributed by atoms with van der Waals surface area (Å²) in [5.41, 5.74) is 6.43. The number of benzene rings is 1. The Balaban J connectivity index is 1.56. The minimum atomic E-state index is -0.589. The average Bonchev–Trinajstić information content (AvgIpc) is 2.76. The number of carbonyl (C=O) groups excluding carboxylic acids is 2. The number of anilines is 1. The smallest absolute Gasteiger partial charge is 0.255 e. The monoisotopic (exact) mass is 412 g/mol. The van der Waals surface area contributed by atoms with Crippen LogP contribution in [0.2, 0.25) is 0 Å². The van der Waals surface area contributed by atoms with E-state index in [0.717, 1.165) is 30.4 Å². The summed E-state index contributed by atoms with van der Waals surface area (Å²) < 4.78 is 10.5. The first-order chi connectivity index (χ1) is 14.5. The summed E-state index contributed by atoms with van der Waals surface area (Å²) in [6.45, 7) is 4.46. The molecule has 1 aromatic heterocycles. The van der Waals surface area contributed by atoms with Crippen LogP contribution in [0.3, 0.4) is 0 Å². The molecule has 0 aliphatic carbocycles. The fourth-order valence-corrected chi connectivity index (χ4v) is 3.31. The molecule has 0 spiro atoms. The molecule has 0 unspecified atom stereocenters. The highest BCUT2D eigenvalue weighted by Gasteiger charge is 2.17. The number of piperidine rings is 1. The highest BCUT2D eigenvalue weighted by molar-refractivity contribution is 5.94. The molecule has 1 fully saturated rings. The van der Waals surface area contributed by atoms with Crippen LogP contribution in [0.5, 0.6) is 11.5 Å². The number of nitrogens with two attached hydrogens (primary N) is 1. The van der Waals surface area contributed by atoms with Crippen molar-refractivity contribution in [3.8, 4) is 11.5 Å². The van der Waals surface area contributed by atoms with Gasteiger partial charge in [-0.25, -0.2) is 4.98 Å². The van der Waals surface area contributed by atoms with Gasteiger partial charge in [-0.05, 0) is 48.6 Å². The molecule has 30 heavy (non-hydrogen) atoms. The lowest BCUT2D eigenvalue weighted by Crippen LogP contribution is -2.33. The molecule has 2 aromatic rings. The number of ether oxygens (including phenoxy) is 2. The number of aromatic nitrogens is 1. The van der Waals surface area contributed by atoms with E-state index in [1.54, 1.807) is 24.4 Å². The maximum Gasteiger partial charge on any atom is 0.255 e. The van der Waals surface area contributed by atoms with Gasteiger partial charge in [0, 0.05) is 31.4 Å². The summed E-state index contributed by atoms with van der Waals surface area (Å²) in [6, 6.07) is 8.73. The van der Waals surface area contributed by atoms with Crippen LogP contribution < -0.4 is 25.4 Å². The third-order valence-corrected chi connectivity index (χ3v) is 5.17. The molecule has 1 aliphatic heterocycles. The van der Waals surface area contributed by atoms with Crippen LogP contribution in [0.15, 0.2) is 36.5 Å². The van der Waals surface area contributed by atoms with Crippen LogP contribution in [0.4, 0.5) is 5.82 Å². The number of primary amides is 1. The van der Waals surface area contributed by atoms with E-state index in [1.807, 2.05) is 12.1 Å². The molecule has 0 saturated carbocycles. The Morgan fingerprint density at radius 2 is 1.97 bits per heavy atom. The highest BCUT2D eigenvalue weighted by Crippen LogP contribution is 2.28. The number of rotatable bonds is 8. The second kappa shape index (κ2) is 9.96. The van der Waals surface area contributed by atoms with Gasteiger partial charge in [0.1, 0.15) is 5.82 Å². The first-order valence-electron chi connectivity index (χ1n) is 10.0. The number of amides is 2. The van der Waals surface area contributed by atoms with Crippen molar-refractivity contribution < 1.29 is 19.1 Å². The third kappa shape index (κ3) is 5.62. The number of carbonyl (C=O) groups is 2. The normalized spacial score (nSPS) is 14.3. The van der Waals surface area contributed by atoms with Gasteiger partial charge in [-0.15, -0.1) is 0 Å². The quantitative estimate of drug-likeness (QED) is 0.688. The van der Waals surface area contributed by atoms with E-state index in [4.69, 9.17) is 15.2 Å². The van der Waals surface area contributed by atoms with Crippen molar-refractivity contribution in [3.63, 3.8) is 0 Å². The van der Waals surface area contributed by atoms with Crippen molar-refractivity contribution in [2.75, 3.05) is 31.7 Å². The topological polar surface area (TPSA) is 107 Å². The Labute approximate surface area is 176 Å². The Morgan fingerprint density at radius 3 is 2.60 bits per heavy atom. The molecule has 3 N–H and O–H groups in total. The van der Waals surface area contributed by atoms with Gasteiger partial charge in [-0.1, -0.05) is 13.0 Å². The molecule has 1 saturated heterocycles. The average molecular weight is 412 g/mol. The molecule has 1 aliphatic rings. The van der Waals surface area contributed by atoms with Crippen molar-refractivity contribution in [3.05, 3.63) is 47.7 Å². The van der Waals surface area contributed by atoms with Gasteiger partial charge in [0.2, 0.25) is 0 Å². The Morgan fingerprint density at radius 1 is 1.20 bits per heavy atom. The minimum Gasteiger partial charge on any atom is -0.493 e. The number of pyridine rings is 1.